The van der Waals surface area contributed by atoms with Crippen LogP contribution in [0, 0.1) is 0 Å². The number of anilines is 2. The highest BCUT2D eigenvalue weighted by Gasteiger charge is 2.25. The second kappa shape index (κ2) is 8.95. The zero-order valence-corrected chi connectivity index (χ0v) is 18.4. The summed E-state index contributed by atoms with van der Waals surface area (Å²) in [6.45, 7) is 1.01. The highest BCUT2D eigenvalue weighted by Crippen LogP contribution is 2.33. The molecule has 2 N–H and O–H groups in total. The second-order valence-corrected chi connectivity index (χ2v) is 8.65. The van der Waals surface area contributed by atoms with Crippen LogP contribution in [0.4, 0.5) is 11.4 Å². The number of nitrogens with one attached hydrogen (secondary N) is 2. The van der Waals surface area contributed by atoms with Crippen LogP contribution < -0.4 is 25.0 Å². The first kappa shape index (κ1) is 21.0. The van der Waals surface area contributed by atoms with Crippen molar-refractivity contribution < 1.29 is 23.9 Å². The lowest BCUT2D eigenvalue weighted by molar-refractivity contribution is -0.136. The maximum atomic E-state index is 12.8. The number of ether oxygens (including phenoxy) is 2. The Morgan fingerprint density at radius 2 is 1.88 bits per heavy atom. The molecular formula is C24H21N3O5S. The SMILES string of the molecule is O=C(NCc1ccc2c(c1)OCO2)C(=O)Nc1ccc2c(c1)CCCN2C(=O)c1cccs1. The maximum absolute atomic E-state index is 12.8. The van der Waals surface area contributed by atoms with Gasteiger partial charge in [-0.1, -0.05) is 12.1 Å². The third kappa shape index (κ3) is 4.40. The van der Waals surface area contributed by atoms with E-state index < -0.39 is 11.8 Å². The van der Waals surface area contributed by atoms with Crippen molar-refractivity contribution in [3.8, 4) is 11.5 Å². The van der Waals surface area contributed by atoms with E-state index in [1.807, 2.05) is 29.6 Å². The summed E-state index contributed by atoms with van der Waals surface area (Å²) in [6.07, 6.45) is 1.63. The Morgan fingerprint density at radius 3 is 2.73 bits per heavy atom. The van der Waals surface area contributed by atoms with E-state index in [9.17, 15) is 14.4 Å². The molecule has 0 unspecified atom stereocenters. The summed E-state index contributed by atoms with van der Waals surface area (Å²) in [5.74, 6) is -0.235. The predicted molar refractivity (Wildman–Crippen MR) is 124 cm³/mol. The van der Waals surface area contributed by atoms with Gasteiger partial charge < -0.3 is 25.0 Å². The molecule has 2 aromatic carbocycles. The fraction of sp³-hybridized carbons (Fsp3) is 0.208. The zero-order chi connectivity index (χ0) is 22.8. The normalized spacial score (nSPS) is 13.9. The van der Waals surface area contributed by atoms with Crippen LogP contribution in [0.15, 0.2) is 53.9 Å². The number of hydrogen-bond donors (Lipinski definition) is 2. The third-order valence-corrected chi connectivity index (χ3v) is 6.39. The van der Waals surface area contributed by atoms with Gasteiger partial charge in [-0.2, -0.15) is 0 Å². The largest absolute Gasteiger partial charge is 0.454 e. The first-order valence-corrected chi connectivity index (χ1v) is 11.4. The van der Waals surface area contributed by atoms with Gasteiger partial charge in [0, 0.05) is 24.5 Å². The fourth-order valence-electron chi connectivity index (χ4n) is 3.92. The van der Waals surface area contributed by atoms with Crippen molar-refractivity contribution in [2.75, 3.05) is 23.6 Å². The molecular weight excluding hydrogens is 442 g/mol. The summed E-state index contributed by atoms with van der Waals surface area (Å²) in [4.78, 5) is 40.0. The summed E-state index contributed by atoms with van der Waals surface area (Å²) in [5, 5.41) is 7.14. The number of benzene rings is 2. The molecule has 0 bridgehead atoms. The molecule has 1 aromatic heterocycles. The van der Waals surface area contributed by atoms with Gasteiger partial charge in [-0.15, -0.1) is 11.3 Å². The van der Waals surface area contributed by atoms with Crippen LogP contribution in [0.3, 0.4) is 0 Å². The molecule has 3 aromatic rings. The molecule has 9 heteroatoms. The topological polar surface area (TPSA) is 97.0 Å². The highest BCUT2D eigenvalue weighted by molar-refractivity contribution is 7.12. The van der Waals surface area contributed by atoms with Gasteiger partial charge in [0.1, 0.15) is 0 Å². The summed E-state index contributed by atoms with van der Waals surface area (Å²) in [5.41, 5.74) is 3.11. The molecule has 2 aliphatic heterocycles. The smallest absolute Gasteiger partial charge is 0.313 e. The van der Waals surface area contributed by atoms with Crippen LogP contribution in [-0.2, 0) is 22.6 Å². The van der Waals surface area contributed by atoms with Crippen molar-refractivity contribution in [3.63, 3.8) is 0 Å². The average molecular weight is 464 g/mol. The Hall–Kier alpha value is -3.85. The molecule has 3 amide bonds. The van der Waals surface area contributed by atoms with Crippen LogP contribution in [0.25, 0.3) is 0 Å². The van der Waals surface area contributed by atoms with Crippen molar-refractivity contribution in [1.29, 1.82) is 0 Å². The maximum Gasteiger partial charge on any atom is 0.313 e. The number of rotatable bonds is 4. The minimum absolute atomic E-state index is 0.0226. The van der Waals surface area contributed by atoms with E-state index in [1.54, 1.807) is 29.2 Å². The van der Waals surface area contributed by atoms with Gasteiger partial charge in [-0.25, -0.2) is 0 Å². The number of aryl methyl sites for hydroxylation is 1. The second-order valence-electron chi connectivity index (χ2n) is 7.71. The number of nitrogens with zero attached hydrogens (tertiary/aromatic N) is 1. The van der Waals surface area contributed by atoms with E-state index in [-0.39, 0.29) is 19.2 Å². The molecule has 3 heterocycles. The number of fused-ring (bicyclic) bond motifs is 2. The van der Waals surface area contributed by atoms with Crippen LogP contribution in [-0.4, -0.2) is 31.1 Å². The van der Waals surface area contributed by atoms with Gasteiger partial charge in [0.2, 0.25) is 6.79 Å². The Bertz CT molecular complexity index is 1220. The monoisotopic (exact) mass is 463 g/mol. The fourth-order valence-corrected chi connectivity index (χ4v) is 4.59. The van der Waals surface area contributed by atoms with E-state index in [1.165, 1.54) is 11.3 Å². The summed E-state index contributed by atoms with van der Waals surface area (Å²) in [6, 6.07) is 14.4. The van der Waals surface area contributed by atoms with Gasteiger partial charge in [0.25, 0.3) is 5.91 Å². The number of hydrogen-bond acceptors (Lipinski definition) is 6. The first-order chi connectivity index (χ1) is 16.1. The van der Waals surface area contributed by atoms with Gasteiger partial charge in [0.05, 0.1) is 4.88 Å². The molecule has 0 radical (unpaired) electrons. The molecule has 168 valence electrons. The number of carbonyl (C=O) groups excluding carboxylic acids is 3. The van der Waals surface area contributed by atoms with E-state index in [4.69, 9.17) is 9.47 Å². The van der Waals surface area contributed by atoms with Crippen LogP contribution in [0.1, 0.15) is 27.2 Å². The summed E-state index contributed by atoms with van der Waals surface area (Å²) < 4.78 is 10.6. The number of carbonyl (C=O) groups is 3. The molecule has 0 spiro atoms. The average Bonchev–Trinajstić information content (AvgIpc) is 3.53. The lowest BCUT2D eigenvalue weighted by Crippen LogP contribution is -2.36. The van der Waals surface area contributed by atoms with Crippen molar-refractivity contribution in [1.82, 2.24) is 5.32 Å². The number of thiophene rings is 1. The summed E-state index contributed by atoms with van der Waals surface area (Å²) >= 11 is 1.42. The predicted octanol–water partition coefficient (Wildman–Crippen LogP) is 3.32. The van der Waals surface area contributed by atoms with Gasteiger partial charge in [-0.05, 0) is 65.7 Å². The molecule has 33 heavy (non-hydrogen) atoms. The van der Waals surface area contributed by atoms with Crippen LogP contribution in [0.2, 0.25) is 0 Å². The molecule has 0 fully saturated rings. The first-order valence-electron chi connectivity index (χ1n) is 10.5. The quantitative estimate of drug-likeness (QED) is 0.579. The molecule has 5 rings (SSSR count). The Labute approximate surface area is 194 Å². The molecule has 2 aliphatic rings. The molecule has 0 saturated heterocycles. The standard InChI is InChI=1S/C24H21N3O5S/c28-22(25-13-15-5-8-19-20(11-15)32-14-31-19)23(29)26-17-6-7-18-16(12-17)3-1-9-27(18)24(30)21-4-2-10-33-21/h2,4-8,10-12H,1,3,9,13-14H2,(H,25,28)(H,26,29). The minimum atomic E-state index is -0.752. The Kier molecular flexibility index (Phi) is 5.70. The summed E-state index contributed by atoms with van der Waals surface area (Å²) in [7, 11) is 0. The molecule has 0 saturated carbocycles. The van der Waals surface area contributed by atoms with Crippen LogP contribution >= 0.6 is 11.3 Å². The minimum Gasteiger partial charge on any atom is -0.454 e. The molecule has 0 aliphatic carbocycles. The molecule has 0 atom stereocenters. The zero-order valence-electron chi connectivity index (χ0n) is 17.6. The van der Waals surface area contributed by atoms with E-state index in [0.717, 1.165) is 29.7 Å². The van der Waals surface area contributed by atoms with Crippen molar-refractivity contribution in [2.45, 2.75) is 19.4 Å². The van der Waals surface area contributed by atoms with E-state index in [2.05, 4.69) is 10.6 Å². The lowest BCUT2D eigenvalue weighted by Gasteiger charge is -2.29. The van der Waals surface area contributed by atoms with Gasteiger partial charge in [0.15, 0.2) is 11.5 Å². The Balaban J connectivity index is 1.22. The molecule has 8 nitrogen and oxygen atoms in total. The van der Waals surface area contributed by atoms with Crippen molar-refractivity contribution in [3.05, 3.63) is 69.9 Å². The van der Waals surface area contributed by atoms with Gasteiger partial charge in [-0.3, -0.25) is 14.4 Å². The van der Waals surface area contributed by atoms with Crippen molar-refractivity contribution >= 4 is 40.4 Å². The van der Waals surface area contributed by atoms with Gasteiger partial charge >= 0.3 is 11.8 Å². The van der Waals surface area contributed by atoms with E-state index in [0.29, 0.717) is 28.6 Å². The van der Waals surface area contributed by atoms with E-state index >= 15 is 0 Å². The van der Waals surface area contributed by atoms with Crippen molar-refractivity contribution in [2.24, 2.45) is 0 Å². The lowest BCUT2D eigenvalue weighted by atomic mass is 10.0. The van der Waals surface area contributed by atoms with Crippen LogP contribution in [0.5, 0.6) is 11.5 Å². The highest BCUT2D eigenvalue weighted by atomic mass is 32.1. The third-order valence-electron chi connectivity index (χ3n) is 5.53. The Morgan fingerprint density at radius 1 is 1.00 bits per heavy atom. The number of amides is 3.